The number of nitrogens with two attached hydrogens (primary N) is 1. The van der Waals surface area contributed by atoms with Gasteiger partial charge in [-0.3, -0.25) is 9.78 Å². The molecule has 0 fully saturated rings. The molecule has 0 bridgehead atoms. The van der Waals surface area contributed by atoms with Crippen LogP contribution >= 0.6 is 0 Å². The van der Waals surface area contributed by atoms with E-state index in [1.54, 1.807) is 42.1 Å². The average molecular weight is 417 g/mol. The minimum absolute atomic E-state index is 0.0626. The lowest BCUT2D eigenvalue weighted by atomic mass is 9.83. The van der Waals surface area contributed by atoms with Gasteiger partial charge in [0.15, 0.2) is 0 Å². The Hall–Kier alpha value is -3.87. The molecule has 4 rings (SSSR count). The van der Waals surface area contributed by atoms with Crippen LogP contribution in [-0.4, -0.2) is 22.1 Å². The first-order chi connectivity index (χ1) is 15.0. The summed E-state index contributed by atoms with van der Waals surface area (Å²) in [6.45, 7) is 4.13. The number of aromatic nitrogens is 2. The Balaban J connectivity index is 1.92. The van der Waals surface area contributed by atoms with E-state index >= 15 is 0 Å². The van der Waals surface area contributed by atoms with Crippen LogP contribution in [0.2, 0.25) is 0 Å². The lowest BCUT2D eigenvalue weighted by Crippen LogP contribution is -2.35. The molecule has 0 spiro atoms. The van der Waals surface area contributed by atoms with Crippen LogP contribution in [0.15, 0.2) is 77.2 Å². The van der Waals surface area contributed by atoms with Crippen LogP contribution in [0.5, 0.6) is 5.75 Å². The lowest BCUT2D eigenvalue weighted by molar-refractivity contribution is -0.139. The Bertz CT molecular complexity index is 1200. The van der Waals surface area contributed by atoms with Crippen molar-refractivity contribution in [3.05, 3.63) is 105 Å². The van der Waals surface area contributed by atoms with Gasteiger partial charge in [0.25, 0.3) is 5.56 Å². The SMILES string of the molecule is CCOC(=O)C1=C(N)Oc2cc(C)n(Cc3ccccc3)c(=O)c2[C@H]1c1ccncc1. The van der Waals surface area contributed by atoms with E-state index < -0.39 is 11.9 Å². The van der Waals surface area contributed by atoms with Gasteiger partial charge in [-0.15, -0.1) is 0 Å². The van der Waals surface area contributed by atoms with Gasteiger partial charge in [-0.25, -0.2) is 4.79 Å². The zero-order valence-electron chi connectivity index (χ0n) is 17.4. The van der Waals surface area contributed by atoms with Crippen molar-refractivity contribution in [1.29, 1.82) is 0 Å². The molecule has 0 saturated heterocycles. The Morgan fingerprint density at radius 2 is 1.90 bits per heavy atom. The van der Waals surface area contributed by atoms with Crippen LogP contribution in [0, 0.1) is 6.92 Å². The molecule has 2 N–H and O–H groups in total. The van der Waals surface area contributed by atoms with Crippen molar-refractivity contribution in [2.45, 2.75) is 26.3 Å². The number of hydrogen-bond donors (Lipinski definition) is 1. The standard InChI is InChI=1S/C24H23N3O4/c1-3-30-24(29)21-19(17-9-11-26-12-10-17)20-18(31-22(21)25)13-15(2)27(23(20)28)14-16-7-5-4-6-8-16/h4-13,19H,3,14,25H2,1-2H3/t19-/m1/s1. The van der Waals surface area contributed by atoms with Crippen LogP contribution < -0.4 is 16.0 Å². The van der Waals surface area contributed by atoms with Crippen molar-refractivity contribution >= 4 is 5.97 Å². The van der Waals surface area contributed by atoms with Crippen molar-refractivity contribution in [3.8, 4) is 5.75 Å². The van der Waals surface area contributed by atoms with Gasteiger partial charge in [0.05, 0.1) is 24.6 Å². The number of carbonyl (C=O) groups is 1. The maximum atomic E-state index is 13.7. The van der Waals surface area contributed by atoms with Crippen LogP contribution in [-0.2, 0) is 16.1 Å². The lowest BCUT2D eigenvalue weighted by Gasteiger charge is -2.29. The third-order valence-corrected chi connectivity index (χ3v) is 5.29. The number of nitrogens with zero attached hydrogens (tertiary/aromatic N) is 2. The number of benzene rings is 1. The average Bonchev–Trinajstić information content (AvgIpc) is 2.77. The second kappa shape index (κ2) is 8.47. The highest BCUT2D eigenvalue weighted by Gasteiger charge is 2.38. The van der Waals surface area contributed by atoms with Crippen LogP contribution in [0.25, 0.3) is 0 Å². The third kappa shape index (κ3) is 3.82. The van der Waals surface area contributed by atoms with Gasteiger partial charge in [-0.05, 0) is 37.1 Å². The molecule has 3 aromatic rings. The highest BCUT2D eigenvalue weighted by molar-refractivity contribution is 5.92. The topological polar surface area (TPSA) is 96.4 Å². The molecule has 1 atom stereocenters. The van der Waals surface area contributed by atoms with Crippen molar-refractivity contribution in [3.63, 3.8) is 0 Å². The van der Waals surface area contributed by atoms with Gasteiger partial charge in [0.1, 0.15) is 11.3 Å². The molecule has 2 aromatic heterocycles. The number of fused-ring (bicyclic) bond motifs is 1. The molecule has 158 valence electrons. The van der Waals surface area contributed by atoms with Crippen LogP contribution in [0.3, 0.4) is 0 Å². The summed E-state index contributed by atoms with van der Waals surface area (Å²) < 4.78 is 12.7. The third-order valence-electron chi connectivity index (χ3n) is 5.29. The molecule has 1 aliphatic heterocycles. The summed E-state index contributed by atoms with van der Waals surface area (Å²) >= 11 is 0. The molecular formula is C24H23N3O4. The molecule has 31 heavy (non-hydrogen) atoms. The molecule has 0 amide bonds. The second-order valence-corrected chi connectivity index (χ2v) is 7.25. The van der Waals surface area contributed by atoms with Gasteiger partial charge in [-0.2, -0.15) is 0 Å². The zero-order valence-corrected chi connectivity index (χ0v) is 17.4. The van der Waals surface area contributed by atoms with E-state index in [9.17, 15) is 9.59 Å². The van der Waals surface area contributed by atoms with Gasteiger partial charge >= 0.3 is 5.97 Å². The molecule has 0 aliphatic carbocycles. The smallest absolute Gasteiger partial charge is 0.340 e. The summed E-state index contributed by atoms with van der Waals surface area (Å²) in [7, 11) is 0. The van der Waals surface area contributed by atoms with E-state index in [0.29, 0.717) is 23.4 Å². The molecule has 7 heteroatoms. The fraction of sp³-hybridized carbons (Fsp3) is 0.208. The Labute approximate surface area is 179 Å². The number of carbonyl (C=O) groups excluding carboxylic acids is 1. The minimum Gasteiger partial charge on any atom is -0.462 e. The molecular weight excluding hydrogens is 394 g/mol. The number of aryl methyl sites for hydroxylation is 1. The number of hydrogen-bond acceptors (Lipinski definition) is 6. The number of rotatable bonds is 5. The molecule has 0 unspecified atom stereocenters. The van der Waals surface area contributed by atoms with Crippen molar-refractivity contribution in [2.24, 2.45) is 5.73 Å². The Kier molecular flexibility index (Phi) is 5.58. The van der Waals surface area contributed by atoms with E-state index in [1.807, 2.05) is 37.3 Å². The fourth-order valence-corrected chi connectivity index (χ4v) is 3.85. The zero-order chi connectivity index (χ0) is 22.0. The van der Waals surface area contributed by atoms with E-state index in [1.165, 1.54) is 0 Å². The molecule has 0 radical (unpaired) electrons. The predicted octanol–water partition coefficient (Wildman–Crippen LogP) is 2.86. The summed E-state index contributed by atoms with van der Waals surface area (Å²) in [5.41, 5.74) is 8.80. The first-order valence-electron chi connectivity index (χ1n) is 10.0. The Morgan fingerprint density at radius 3 is 2.58 bits per heavy atom. The highest BCUT2D eigenvalue weighted by Crippen LogP contribution is 2.41. The fourth-order valence-electron chi connectivity index (χ4n) is 3.85. The monoisotopic (exact) mass is 417 g/mol. The van der Waals surface area contributed by atoms with E-state index in [4.69, 9.17) is 15.2 Å². The molecule has 3 heterocycles. The quantitative estimate of drug-likeness (QED) is 0.642. The largest absolute Gasteiger partial charge is 0.462 e. The summed E-state index contributed by atoms with van der Waals surface area (Å²) in [6.07, 6.45) is 3.22. The van der Waals surface area contributed by atoms with E-state index in [2.05, 4.69) is 4.98 Å². The highest BCUT2D eigenvalue weighted by atomic mass is 16.5. The summed E-state index contributed by atoms with van der Waals surface area (Å²) in [6, 6.07) is 15.0. The Morgan fingerprint density at radius 1 is 1.19 bits per heavy atom. The number of pyridine rings is 2. The molecule has 0 saturated carbocycles. The van der Waals surface area contributed by atoms with E-state index in [-0.39, 0.29) is 23.6 Å². The minimum atomic E-state index is -0.721. The summed E-state index contributed by atoms with van der Waals surface area (Å²) in [5.74, 6) is -1.05. The number of ether oxygens (including phenoxy) is 2. The van der Waals surface area contributed by atoms with Gasteiger partial charge < -0.3 is 19.8 Å². The molecule has 1 aliphatic rings. The molecule has 1 aromatic carbocycles. The first-order valence-corrected chi connectivity index (χ1v) is 10.0. The second-order valence-electron chi connectivity index (χ2n) is 7.25. The maximum absolute atomic E-state index is 13.7. The van der Waals surface area contributed by atoms with Crippen molar-refractivity contribution in [1.82, 2.24) is 9.55 Å². The summed E-state index contributed by atoms with van der Waals surface area (Å²) in [4.78, 5) is 30.6. The normalized spacial score (nSPS) is 15.2. The predicted molar refractivity (Wildman–Crippen MR) is 116 cm³/mol. The summed E-state index contributed by atoms with van der Waals surface area (Å²) in [5, 5.41) is 0. The molecule has 7 nitrogen and oxygen atoms in total. The van der Waals surface area contributed by atoms with Crippen LogP contribution in [0.4, 0.5) is 0 Å². The van der Waals surface area contributed by atoms with Crippen LogP contribution in [0.1, 0.15) is 35.2 Å². The maximum Gasteiger partial charge on any atom is 0.340 e. The van der Waals surface area contributed by atoms with Gasteiger partial charge in [0.2, 0.25) is 5.88 Å². The van der Waals surface area contributed by atoms with Crippen molar-refractivity contribution < 1.29 is 14.3 Å². The van der Waals surface area contributed by atoms with Gasteiger partial charge in [-0.1, -0.05) is 30.3 Å². The van der Waals surface area contributed by atoms with E-state index in [0.717, 1.165) is 11.3 Å². The number of esters is 1. The first kappa shape index (κ1) is 20.4. The van der Waals surface area contributed by atoms with Crippen molar-refractivity contribution in [2.75, 3.05) is 6.61 Å². The van der Waals surface area contributed by atoms with Gasteiger partial charge in [0, 0.05) is 24.2 Å².